The van der Waals surface area contributed by atoms with E-state index in [2.05, 4.69) is 5.32 Å². The number of carbonyl (C=O) groups is 2. The molecule has 0 aromatic heterocycles. The third-order valence-electron chi connectivity index (χ3n) is 2.92. The second-order valence-electron chi connectivity index (χ2n) is 4.34. The van der Waals surface area contributed by atoms with Crippen LogP contribution in [0.4, 0.5) is 0 Å². The highest BCUT2D eigenvalue weighted by Gasteiger charge is 2.43. The van der Waals surface area contributed by atoms with Gasteiger partial charge in [-0.05, 0) is 19.4 Å². The van der Waals surface area contributed by atoms with Crippen molar-refractivity contribution in [1.82, 2.24) is 5.32 Å². The molecule has 1 rings (SSSR count). The minimum Gasteiger partial charge on any atom is -0.479 e. The maximum atomic E-state index is 11.6. The Labute approximate surface area is 101 Å². The van der Waals surface area contributed by atoms with Crippen molar-refractivity contribution < 1.29 is 19.4 Å². The Kier molecular flexibility index (Phi) is 5.37. The zero-order valence-corrected chi connectivity index (χ0v) is 9.91. The first kappa shape index (κ1) is 13.9. The number of carboxylic acid groups (broad SMARTS) is 1. The molecule has 1 fully saturated rings. The van der Waals surface area contributed by atoms with Crippen LogP contribution in [0.15, 0.2) is 0 Å². The number of nitrogens with two attached hydrogens (primary N) is 1. The Hall–Kier alpha value is -1.14. The van der Waals surface area contributed by atoms with Gasteiger partial charge in [-0.25, -0.2) is 4.79 Å². The molecule has 4 N–H and O–H groups in total. The van der Waals surface area contributed by atoms with Gasteiger partial charge in [0.15, 0.2) is 5.54 Å². The van der Waals surface area contributed by atoms with E-state index in [0.717, 1.165) is 19.3 Å². The van der Waals surface area contributed by atoms with Gasteiger partial charge in [-0.3, -0.25) is 4.79 Å². The van der Waals surface area contributed by atoms with Gasteiger partial charge in [-0.2, -0.15) is 0 Å². The van der Waals surface area contributed by atoms with Gasteiger partial charge in [0.25, 0.3) is 0 Å². The van der Waals surface area contributed by atoms with Crippen LogP contribution in [0, 0.1) is 0 Å². The van der Waals surface area contributed by atoms with Gasteiger partial charge in [0, 0.05) is 19.4 Å². The van der Waals surface area contributed by atoms with Crippen molar-refractivity contribution in [3.63, 3.8) is 0 Å². The van der Waals surface area contributed by atoms with Gasteiger partial charge in [0.1, 0.15) is 0 Å². The molecule has 0 aliphatic carbocycles. The van der Waals surface area contributed by atoms with Crippen molar-refractivity contribution in [3.05, 3.63) is 0 Å². The Morgan fingerprint density at radius 3 is 2.65 bits per heavy atom. The number of ether oxygens (including phenoxy) is 1. The summed E-state index contributed by atoms with van der Waals surface area (Å²) < 4.78 is 5.05. The molecule has 0 saturated carbocycles. The van der Waals surface area contributed by atoms with Crippen molar-refractivity contribution in [1.29, 1.82) is 0 Å². The Morgan fingerprint density at radius 2 is 2.12 bits per heavy atom. The largest absolute Gasteiger partial charge is 0.479 e. The van der Waals surface area contributed by atoms with Crippen LogP contribution in [0.5, 0.6) is 0 Å². The molecule has 0 bridgehead atoms. The summed E-state index contributed by atoms with van der Waals surface area (Å²) in [5.74, 6) is -1.25. The van der Waals surface area contributed by atoms with Crippen molar-refractivity contribution in [3.8, 4) is 0 Å². The normalized spacial score (nSPS) is 23.6. The van der Waals surface area contributed by atoms with Crippen LogP contribution in [0.3, 0.4) is 0 Å². The minimum atomic E-state index is -1.22. The molecule has 1 aliphatic heterocycles. The van der Waals surface area contributed by atoms with E-state index in [4.69, 9.17) is 15.6 Å². The van der Waals surface area contributed by atoms with E-state index in [1.165, 1.54) is 0 Å². The standard InChI is InChI=1S/C11H20N2O4/c12-6-3-1-2-4-9(14)13-11(10(15)16)5-7-17-8-11/h1-8,12H2,(H,13,14)(H,15,16). The lowest BCUT2D eigenvalue weighted by Crippen LogP contribution is -2.55. The summed E-state index contributed by atoms with van der Waals surface area (Å²) in [6.07, 6.45) is 3.19. The van der Waals surface area contributed by atoms with E-state index in [9.17, 15) is 9.59 Å². The fourth-order valence-corrected chi connectivity index (χ4v) is 1.82. The van der Waals surface area contributed by atoms with Gasteiger partial charge in [-0.15, -0.1) is 0 Å². The fourth-order valence-electron chi connectivity index (χ4n) is 1.82. The maximum Gasteiger partial charge on any atom is 0.331 e. The predicted octanol–water partition coefficient (Wildman–Crippen LogP) is -0.135. The van der Waals surface area contributed by atoms with Gasteiger partial charge in [0.05, 0.1) is 6.61 Å². The number of hydrogen-bond donors (Lipinski definition) is 3. The van der Waals surface area contributed by atoms with Crippen molar-refractivity contribution in [2.24, 2.45) is 5.73 Å². The molecule has 1 saturated heterocycles. The van der Waals surface area contributed by atoms with Crippen molar-refractivity contribution in [2.45, 2.75) is 37.6 Å². The van der Waals surface area contributed by atoms with E-state index < -0.39 is 11.5 Å². The molecule has 1 unspecified atom stereocenters. The topological polar surface area (TPSA) is 102 Å². The number of carbonyl (C=O) groups excluding carboxylic acids is 1. The highest BCUT2D eigenvalue weighted by Crippen LogP contribution is 2.19. The first-order valence-electron chi connectivity index (χ1n) is 5.93. The summed E-state index contributed by atoms with van der Waals surface area (Å²) in [5, 5.41) is 11.7. The molecule has 98 valence electrons. The lowest BCUT2D eigenvalue weighted by molar-refractivity contribution is -0.147. The highest BCUT2D eigenvalue weighted by atomic mass is 16.5. The number of aliphatic carboxylic acids is 1. The first-order chi connectivity index (χ1) is 8.10. The average Bonchev–Trinajstić information content (AvgIpc) is 2.74. The molecule has 0 aromatic carbocycles. The van der Waals surface area contributed by atoms with Gasteiger partial charge in [0.2, 0.25) is 5.91 Å². The lowest BCUT2D eigenvalue weighted by atomic mass is 9.98. The Bertz CT molecular complexity index is 275. The number of hydrogen-bond acceptors (Lipinski definition) is 4. The molecular weight excluding hydrogens is 224 g/mol. The van der Waals surface area contributed by atoms with E-state index in [0.29, 0.717) is 26.0 Å². The molecule has 17 heavy (non-hydrogen) atoms. The second-order valence-corrected chi connectivity index (χ2v) is 4.34. The van der Waals surface area contributed by atoms with Gasteiger partial charge >= 0.3 is 5.97 Å². The third kappa shape index (κ3) is 3.98. The molecule has 1 aliphatic rings. The number of rotatable bonds is 7. The van der Waals surface area contributed by atoms with Gasteiger partial charge in [-0.1, -0.05) is 6.42 Å². The van der Waals surface area contributed by atoms with Crippen LogP contribution in [-0.4, -0.2) is 42.3 Å². The highest BCUT2D eigenvalue weighted by molar-refractivity contribution is 5.87. The van der Waals surface area contributed by atoms with E-state index >= 15 is 0 Å². The SMILES string of the molecule is NCCCCCC(=O)NC1(C(=O)O)CCOC1. The molecule has 1 heterocycles. The monoisotopic (exact) mass is 244 g/mol. The second kappa shape index (κ2) is 6.56. The molecule has 0 spiro atoms. The Morgan fingerprint density at radius 1 is 1.35 bits per heavy atom. The Balaban J connectivity index is 2.35. The summed E-state index contributed by atoms with van der Waals surface area (Å²) in [6, 6.07) is 0. The minimum absolute atomic E-state index is 0.0525. The molecule has 1 amide bonds. The summed E-state index contributed by atoms with van der Waals surface area (Å²) in [4.78, 5) is 22.7. The quantitative estimate of drug-likeness (QED) is 0.541. The molecule has 6 nitrogen and oxygen atoms in total. The third-order valence-corrected chi connectivity index (χ3v) is 2.92. The number of nitrogens with one attached hydrogen (secondary N) is 1. The molecule has 6 heteroatoms. The number of carboxylic acids is 1. The van der Waals surface area contributed by atoms with Crippen LogP contribution < -0.4 is 11.1 Å². The van der Waals surface area contributed by atoms with Crippen LogP contribution in [0.2, 0.25) is 0 Å². The van der Waals surface area contributed by atoms with Crippen LogP contribution in [0.1, 0.15) is 32.1 Å². The first-order valence-corrected chi connectivity index (χ1v) is 5.93. The van der Waals surface area contributed by atoms with Crippen molar-refractivity contribution >= 4 is 11.9 Å². The van der Waals surface area contributed by atoms with Crippen LogP contribution in [-0.2, 0) is 14.3 Å². The summed E-state index contributed by atoms with van der Waals surface area (Å²) in [6.45, 7) is 1.05. The van der Waals surface area contributed by atoms with Gasteiger partial charge < -0.3 is 20.9 Å². The van der Waals surface area contributed by atoms with E-state index in [1.54, 1.807) is 0 Å². The van der Waals surface area contributed by atoms with E-state index in [1.807, 2.05) is 0 Å². The number of unbranched alkanes of at least 4 members (excludes halogenated alkanes) is 2. The number of amides is 1. The van der Waals surface area contributed by atoms with Crippen LogP contribution >= 0.6 is 0 Å². The summed E-state index contributed by atoms with van der Waals surface area (Å²) in [7, 11) is 0. The van der Waals surface area contributed by atoms with E-state index in [-0.39, 0.29) is 12.5 Å². The average molecular weight is 244 g/mol. The zero-order valence-electron chi connectivity index (χ0n) is 9.91. The zero-order chi connectivity index (χ0) is 12.7. The van der Waals surface area contributed by atoms with Crippen LogP contribution in [0.25, 0.3) is 0 Å². The van der Waals surface area contributed by atoms with Crippen molar-refractivity contribution in [2.75, 3.05) is 19.8 Å². The summed E-state index contributed by atoms with van der Waals surface area (Å²) in [5.41, 5.74) is 4.13. The summed E-state index contributed by atoms with van der Waals surface area (Å²) >= 11 is 0. The fraction of sp³-hybridized carbons (Fsp3) is 0.818. The predicted molar refractivity (Wildman–Crippen MR) is 61.5 cm³/mol. The maximum absolute atomic E-state index is 11.6. The molecular formula is C11H20N2O4. The molecule has 0 aromatic rings. The smallest absolute Gasteiger partial charge is 0.331 e. The molecule has 0 radical (unpaired) electrons. The lowest BCUT2D eigenvalue weighted by Gasteiger charge is -2.23. The molecule has 1 atom stereocenters.